The minimum atomic E-state index is -4.34. The average Bonchev–Trinajstić information content (AvgIpc) is 2.84. The standard InChI is InChI=1S/C23H12Cl3N3O8S/c24-13-4-6-16(7-5-13)38(35,36)37-20-18(25)9-12(10-19(20)26)8-17-21(30)27-23(32)28(22(17)31)14-2-1-3-15(11-14)29(33)34/h1-11H,(H,27,30,32)/b17-8+. The van der Waals surface area contributed by atoms with Crippen LogP contribution in [0.25, 0.3) is 6.08 Å². The van der Waals surface area contributed by atoms with Crippen LogP contribution < -0.4 is 14.4 Å². The Morgan fingerprint density at radius 1 is 0.947 bits per heavy atom. The van der Waals surface area contributed by atoms with E-state index in [1.165, 1.54) is 54.6 Å². The van der Waals surface area contributed by atoms with Crippen molar-refractivity contribution in [1.29, 1.82) is 0 Å². The molecule has 1 saturated heterocycles. The first kappa shape index (κ1) is 27.1. The van der Waals surface area contributed by atoms with Crippen molar-refractivity contribution in [3.8, 4) is 5.75 Å². The summed E-state index contributed by atoms with van der Waals surface area (Å²) in [6, 6.07) is 11.1. The first-order chi connectivity index (χ1) is 17.9. The molecule has 0 bridgehead atoms. The van der Waals surface area contributed by atoms with Gasteiger partial charge >= 0.3 is 16.1 Å². The summed E-state index contributed by atoms with van der Waals surface area (Å²) in [7, 11) is -4.34. The van der Waals surface area contributed by atoms with E-state index in [0.29, 0.717) is 9.92 Å². The number of barbiturate groups is 1. The van der Waals surface area contributed by atoms with Gasteiger partial charge in [-0.15, -0.1) is 0 Å². The van der Waals surface area contributed by atoms with Crippen LogP contribution in [0.2, 0.25) is 15.1 Å². The number of carbonyl (C=O) groups is 3. The van der Waals surface area contributed by atoms with E-state index in [9.17, 15) is 32.9 Å². The van der Waals surface area contributed by atoms with Gasteiger partial charge in [-0.05, 0) is 54.1 Å². The van der Waals surface area contributed by atoms with Crippen LogP contribution in [0.4, 0.5) is 16.2 Å². The number of hydrogen-bond donors (Lipinski definition) is 1. The summed E-state index contributed by atoms with van der Waals surface area (Å²) in [5.41, 5.74) is -0.964. The molecule has 1 fully saturated rings. The Labute approximate surface area is 229 Å². The lowest BCUT2D eigenvalue weighted by molar-refractivity contribution is -0.384. The number of halogens is 3. The first-order valence-electron chi connectivity index (χ1n) is 10.2. The molecule has 0 aromatic heterocycles. The van der Waals surface area contributed by atoms with Crippen LogP contribution in [0, 0.1) is 10.1 Å². The number of rotatable bonds is 6. The average molecular weight is 597 g/mol. The highest BCUT2D eigenvalue weighted by molar-refractivity contribution is 7.87. The van der Waals surface area contributed by atoms with Crippen molar-refractivity contribution in [2.45, 2.75) is 4.90 Å². The molecule has 4 amide bonds. The summed E-state index contributed by atoms with van der Waals surface area (Å²) in [6.07, 6.45) is 1.06. The molecule has 3 aromatic carbocycles. The molecule has 1 N–H and O–H groups in total. The molecular formula is C23H12Cl3N3O8S. The van der Waals surface area contributed by atoms with Gasteiger partial charge in [0.15, 0.2) is 5.75 Å². The van der Waals surface area contributed by atoms with Crippen LogP contribution >= 0.6 is 34.8 Å². The van der Waals surface area contributed by atoms with Crippen molar-refractivity contribution in [2.24, 2.45) is 0 Å². The van der Waals surface area contributed by atoms with Gasteiger partial charge in [-0.25, -0.2) is 9.69 Å². The molecule has 1 aliphatic rings. The topological polar surface area (TPSA) is 153 Å². The Morgan fingerprint density at radius 2 is 1.58 bits per heavy atom. The van der Waals surface area contributed by atoms with Crippen molar-refractivity contribution in [2.75, 3.05) is 4.90 Å². The smallest absolute Gasteiger partial charge is 0.339 e. The molecule has 0 unspecified atom stereocenters. The van der Waals surface area contributed by atoms with E-state index in [1.807, 2.05) is 5.32 Å². The lowest BCUT2D eigenvalue weighted by Crippen LogP contribution is -2.54. The van der Waals surface area contributed by atoms with Gasteiger partial charge in [-0.1, -0.05) is 40.9 Å². The third-order valence-corrected chi connectivity index (χ3v) is 7.08. The number of nitro groups is 1. The Bertz CT molecular complexity index is 1630. The van der Waals surface area contributed by atoms with Crippen molar-refractivity contribution >= 4 is 80.2 Å². The molecule has 194 valence electrons. The Balaban J connectivity index is 1.67. The zero-order valence-corrected chi connectivity index (χ0v) is 21.6. The van der Waals surface area contributed by atoms with Crippen molar-refractivity contribution < 1.29 is 31.9 Å². The number of non-ortho nitro benzene ring substituents is 1. The summed E-state index contributed by atoms with van der Waals surface area (Å²) in [5, 5.41) is 12.8. The highest BCUT2D eigenvalue weighted by atomic mass is 35.5. The van der Waals surface area contributed by atoms with E-state index in [2.05, 4.69) is 0 Å². The van der Waals surface area contributed by atoms with Gasteiger partial charge in [-0.2, -0.15) is 8.42 Å². The maximum Gasteiger partial charge on any atom is 0.339 e. The number of hydrogen-bond acceptors (Lipinski definition) is 8. The van der Waals surface area contributed by atoms with Crippen LogP contribution in [-0.4, -0.2) is 31.2 Å². The van der Waals surface area contributed by atoms with E-state index >= 15 is 0 Å². The lowest BCUT2D eigenvalue weighted by atomic mass is 10.1. The van der Waals surface area contributed by atoms with Crippen LogP contribution in [0.5, 0.6) is 5.75 Å². The van der Waals surface area contributed by atoms with Crippen LogP contribution in [0.3, 0.4) is 0 Å². The number of nitrogens with zero attached hydrogens (tertiary/aromatic N) is 2. The SMILES string of the molecule is O=C1NC(=O)N(c2cccc([N+](=O)[O-])c2)C(=O)/C1=C/c1cc(Cl)c(OS(=O)(=O)c2ccc(Cl)cc2)c(Cl)c1. The van der Waals surface area contributed by atoms with Gasteiger partial charge in [0.25, 0.3) is 17.5 Å². The van der Waals surface area contributed by atoms with Crippen molar-refractivity contribution in [3.05, 3.63) is 97.0 Å². The van der Waals surface area contributed by atoms with Gasteiger partial charge in [0.2, 0.25) is 0 Å². The molecule has 1 aliphatic heterocycles. The molecule has 0 atom stereocenters. The fraction of sp³-hybridized carbons (Fsp3) is 0. The zero-order valence-electron chi connectivity index (χ0n) is 18.6. The second-order valence-electron chi connectivity index (χ2n) is 7.54. The van der Waals surface area contributed by atoms with E-state index in [0.717, 1.165) is 12.1 Å². The van der Waals surface area contributed by atoms with Crippen LogP contribution in [0.1, 0.15) is 5.56 Å². The fourth-order valence-corrected chi connectivity index (χ4v) is 5.07. The second-order valence-corrected chi connectivity index (χ2v) is 10.3. The summed E-state index contributed by atoms with van der Waals surface area (Å²) >= 11 is 18.2. The van der Waals surface area contributed by atoms with E-state index < -0.39 is 44.2 Å². The molecule has 3 aromatic rings. The maximum absolute atomic E-state index is 13.1. The van der Waals surface area contributed by atoms with Crippen molar-refractivity contribution in [3.63, 3.8) is 0 Å². The number of nitrogens with one attached hydrogen (secondary N) is 1. The van der Waals surface area contributed by atoms with Crippen LogP contribution in [-0.2, 0) is 19.7 Å². The predicted octanol–water partition coefficient (Wildman–Crippen LogP) is 4.99. The minimum Gasteiger partial charge on any atom is -0.376 e. The lowest BCUT2D eigenvalue weighted by Gasteiger charge is -2.26. The van der Waals surface area contributed by atoms with Gasteiger partial charge < -0.3 is 4.18 Å². The summed E-state index contributed by atoms with van der Waals surface area (Å²) in [4.78, 5) is 48.6. The molecule has 11 nitrogen and oxygen atoms in total. The normalized spacial score (nSPS) is 15.0. The highest BCUT2D eigenvalue weighted by Gasteiger charge is 2.37. The molecular weight excluding hydrogens is 585 g/mol. The van der Waals surface area contributed by atoms with Gasteiger partial charge in [0.1, 0.15) is 10.5 Å². The number of benzene rings is 3. The quantitative estimate of drug-likeness (QED) is 0.137. The minimum absolute atomic E-state index is 0.0862. The number of amides is 4. The second kappa shape index (κ2) is 10.4. The number of carbonyl (C=O) groups excluding carboxylic acids is 3. The maximum atomic E-state index is 13.1. The van der Waals surface area contributed by atoms with E-state index in [4.69, 9.17) is 39.0 Å². The van der Waals surface area contributed by atoms with Crippen LogP contribution in [0.15, 0.2) is 71.1 Å². The van der Waals surface area contributed by atoms with Gasteiger partial charge in [-0.3, -0.25) is 25.0 Å². The number of anilines is 1. The molecule has 0 aliphatic carbocycles. The molecule has 0 saturated carbocycles. The van der Waals surface area contributed by atoms with Crippen molar-refractivity contribution in [1.82, 2.24) is 5.32 Å². The Hall–Kier alpha value is -3.97. The third-order valence-electron chi connectivity index (χ3n) is 5.03. The highest BCUT2D eigenvalue weighted by Crippen LogP contribution is 2.37. The molecule has 15 heteroatoms. The zero-order chi connectivity index (χ0) is 27.8. The van der Waals surface area contributed by atoms with Gasteiger partial charge in [0, 0.05) is 17.2 Å². The first-order valence-corrected chi connectivity index (χ1v) is 12.8. The summed E-state index contributed by atoms with van der Waals surface area (Å²) < 4.78 is 30.3. The molecule has 1 heterocycles. The Morgan fingerprint density at radius 3 is 2.18 bits per heavy atom. The van der Waals surface area contributed by atoms with E-state index in [-0.39, 0.29) is 31.9 Å². The number of imide groups is 2. The van der Waals surface area contributed by atoms with Gasteiger partial charge in [0.05, 0.1) is 20.7 Å². The fourth-order valence-electron chi connectivity index (χ4n) is 3.31. The van der Waals surface area contributed by atoms with E-state index in [1.54, 1.807) is 0 Å². The molecule has 38 heavy (non-hydrogen) atoms. The molecule has 0 radical (unpaired) electrons. The largest absolute Gasteiger partial charge is 0.376 e. The monoisotopic (exact) mass is 595 g/mol. The summed E-state index contributed by atoms with van der Waals surface area (Å²) in [6.45, 7) is 0. The molecule has 4 rings (SSSR count). The summed E-state index contributed by atoms with van der Waals surface area (Å²) in [5.74, 6) is -2.52. The molecule has 0 spiro atoms. The Kier molecular flexibility index (Phi) is 7.42. The third kappa shape index (κ3) is 5.48. The predicted molar refractivity (Wildman–Crippen MR) is 138 cm³/mol. The number of urea groups is 1. The number of nitro benzene ring substituents is 1.